The molecule has 7 nitrogen and oxygen atoms in total. The van der Waals surface area contributed by atoms with Gasteiger partial charge in [0.25, 0.3) is 11.2 Å². The minimum Gasteiger partial charge on any atom is -0.376 e. The van der Waals surface area contributed by atoms with Crippen molar-refractivity contribution in [1.82, 2.24) is 9.97 Å². The summed E-state index contributed by atoms with van der Waals surface area (Å²) in [5, 5.41) is 14.4. The van der Waals surface area contributed by atoms with Crippen molar-refractivity contribution < 1.29 is 4.92 Å². The van der Waals surface area contributed by atoms with Crippen LogP contribution in [0.5, 0.6) is 0 Å². The van der Waals surface area contributed by atoms with E-state index in [1.54, 1.807) is 0 Å². The average Bonchev–Trinajstić information content (AvgIpc) is 2.46. The summed E-state index contributed by atoms with van der Waals surface area (Å²) in [6, 6.07) is 2.65. The molecule has 0 saturated heterocycles. The zero-order chi connectivity index (χ0) is 15.4. The van der Waals surface area contributed by atoms with E-state index >= 15 is 0 Å². The summed E-state index contributed by atoms with van der Waals surface area (Å²) in [5.41, 5.74) is 0.122. The van der Waals surface area contributed by atoms with Crippen LogP contribution in [0.25, 0.3) is 10.9 Å². The number of aromatic nitrogens is 2. The monoisotopic (exact) mass is 286 g/mol. The Morgan fingerprint density at radius 1 is 1.57 bits per heavy atom. The number of hydrogen-bond acceptors (Lipinski definition) is 5. The normalized spacial score (nSPS) is 11.8. The van der Waals surface area contributed by atoms with Crippen molar-refractivity contribution in [3.63, 3.8) is 0 Å². The van der Waals surface area contributed by atoms with Crippen molar-refractivity contribution in [3.8, 4) is 12.3 Å². The molecule has 0 aliphatic heterocycles. The topological polar surface area (TPSA) is 101 Å². The Morgan fingerprint density at radius 3 is 2.95 bits per heavy atom. The van der Waals surface area contributed by atoms with E-state index in [0.29, 0.717) is 17.6 Å². The second-order valence-corrected chi connectivity index (χ2v) is 4.53. The molecule has 21 heavy (non-hydrogen) atoms. The van der Waals surface area contributed by atoms with Crippen LogP contribution >= 0.6 is 0 Å². The van der Waals surface area contributed by atoms with Crippen LogP contribution in [0.3, 0.4) is 0 Å². The lowest BCUT2D eigenvalue weighted by molar-refractivity contribution is -0.383. The third-order valence-corrected chi connectivity index (χ3v) is 3.17. The summed E-state index contributed by atoms with van der Waals surface area (Å²) in [4.78, 5) is 28.8. The molecule has 108 valence electrons. The number of rotatable bonds is 5. The van der Waals surface area contributed by atoms with Crippen molar-refractivity contribution in [2.45, 2.75) is 25.8 Å². The lowest BCUT2D eigenvalue weighted by Crippen LogP contribution is -2.18. The van der Waals surface area contributed by atoms with Gasteiger partial charge in [0.1, 0.15) is 5.69 Å². The molecule has 2 rings (SSSR count). The molecule has 0 amide bonds. The summed E-state index contributed by atoms with van der Waals surface area (Å²) in [6.45, 7) is 1.94. The van der Waals surface area contributed by atoms with Gasteiger partial charge in [0, 0.05) is 18.5 Å². The van der Waals surface area contributed by atoms with E-state index < -0.39 is 10.5 Å². The zero-order valence-electron chi connectivity index (χ0n) is 11.4. The van der Waals surface area contributed by atoms with Gasteiger partial charge in [-0.2, -0.15) is 0 Å². The summed E-state index contributed by atoms with van der Waals surface area (Å²) in [7, 11) is 0. The lowest BCUT2D eigenvalue weighted by atomic mass is 10.1. The van der Waals surface area contributed by atoms with Crippen LogP contribution in [-0.4, -0.2) is 20.9 Å². The standard InChI is InChI=1S/C14H14N4O3/c1-3-5-9(4-2)17-12-7-11-10(6-13(12)18(20)21)14(19)16-8-15-11/h1,6-9,17H,4-5H2,2H3,(H,15,16,19). The molecule has 1 aromatic carbocycles. The molecule has 0 saturated carbocycles. The fraction of sp³-hybridized carbons (Fsp3) is 0.286. The van der Waals surface area contributed by atoms with E-state index in [1.807, 2.05) is 6.92 Å². The van der Waals surface area contributed by atoms with E-state index in [2.05, 4.69) is 21.2 Å². The van der Waals surface area contributed by atoms with Gasteiger partial charge in [-0.1, -0.05) is 6.92 Å². The van der Waals surface area contributed by atoms with E-state index in [9.17, 15) is 14.9 Å². The molecule has 0 aliphatic rings. The molecule has 0 radical (unpaired) electrons. The first-order chi connectivity index (χ1) is 10.1. The first-order valence-corrected chi connectivity index (χ1v) is 6.42. The molecule has 1 aromatic heterocycles. The van der Waals surface area contributed by atoms with Crippen molar-refractivity contribution in [2.75, 3.05) is 5.32 Å². The van der Waals surface area contributed by atoms with Gasteiger partial charge in [0.2, 0.25) is 0 Å². The number of benzene rings is 1. The first kappa shape index (κ1) is 14.5. The summed E-state index contributed by atoms with van der Waals surface area (Å²) in [6.07, 6.45) is 7.73. The highest BCUT2D eigenvalue weighted by Gasteiger charge is 2.19. The molecule has 0 spiro atoms. The number of H-pyrrole nitrogens is 1. The summed E-state index contributed by atoms with van der Waals surface area (Å²) in [5.74, 6) is 2.53. The second kappa shape index (κ2) is 6.05. The predicted octanol–water partition coefficient (Wildman–Crippen LogP) is 2.05. The van der Waals surface area contributed by atoms with Gasteiger partial charge in [-0.25, -0.2) is 4.98 Å². The Morgan fingerprint density at radius 2 is 2.33 bits per heavy atom. The highest BCUT2D eigenvalue weighted by molar-refractivity contribution is 5.86. The van der Waals surface area contributed by atoms with Crippen LogP contribution in [-0.2, 0) is 0 Å². The molecule has 7 heteroatoms. The van der Waals surface area contributed by atoms with Crippen LogP contribution in [0.15, 0.2) is 23.3 Å². The molecule has 2 aromatic rings. The Bertz CT molecular complexity index is 776. The Hall–Kier alpha value is -2.88. The number of terminal acetylenes is 1. The molecule has 2 N–H and O–H groups in total. The van der Waals surface area contributed by atoms with Crippen molar-refractivity contribution in [3.05, 3.63) is 38.9 Å². The smallest absolute Gasteiger partial charge is 0.293 e. The predicted molar refractivity (Wildman–Crippen MR) is 80.2 cm³/mol. The van der Waals surface area contributed by atoms with Gasteiger partial charge in [-0.3, -0.25) is 14.9 Å². The maximum atomic E-state index is 11.7. The third kappa shape index (κ3) is 3.00. The highest BCUT2D eigenvalue weighted by atomic mass is 16.6. The van der Waals surface area contributed by atoms with Gasteiger partial charge in [0.05, 0.1) is 22.2 Å². The van der Waals surface area contributed by atoms with Gasteiger partial charge in [-0.15, -0.1) is 12.3 Å². The van der Waals surface area contributed by atoms with E-state index in [-0.39, 0.29) is 17.1 Å². The molecule has 0 bridgehead atoms. The summed E-state index contributed by atoms with van der Waals surface area (Å²) >= 11 is 0. The molecular weight excluding hydrogens is 272 g/mol. The van der Waals surface area contributed by atoms with Gasteiger partial charge < -0.3 is 10.3 Å². The number of aromatic amines is 1. The molecule has 1 heterocycles. The second-order valence-electron chi connectivity index (χ2n) is 4.53. The Labute approximate surface area is 120 Å². The molecule has 1 atom stereocenters. The van der Waals surface area contributed by atoms with E-state index in [1.165, 1.54) is 18.5 Å². The summed E-state index contributed by atoms with van der Waals surface area (Å²) < 4.78 is 0. The Balaban J connectivity index is 2.56. The number of nitro groups is 1. The minimum absolute atomic E-state index is 0.0758. The fourth-order valence-electron chi connectivity index (χ4n) is 2.03. The fourth-order valence-corrected chi connectivity index (χ4v) is 2.03. The first-order valence-electron chi connectivity index (χ1n) is 6.42. The maximum absolute atomic E-state index is 11.7. The highest BCUT2D eigenvalue weighted by Crippen LogP contribution is 2.29. The third-order valence-electron chi connectivity index (χ3n) is 3.17. The number of hydrogen-bond donors (Lipinski definition) is 2. The van der Waals surface area contributed by atoms with Gasteiger partial charge >= 0.3 is 0 Å². The SMILES string of the molecule is C#CCC(CC)Nc1cc2nc[nH]c(=O)c2cc1[N+](=O)[O-]. The van der Waals surface area contributed by atoms with Crippen LogP contribution in [0.1, 0.15) is 19.8 Å². The maximum Gasteiger partial charge on any atom is 0.293 e. The van der Waals surface area contributed by atoms with Gasteiger partial charge in [-0.05, 0) is 12.5 Å². The lowest BCUT2D eigenvalue weighted by Gasteiger charge is -2.16. The van der Waals surface area contributed by atoms with Gasteiger partial charge in [0.15, 0.2) is 0 Å². The molecule has 1 unspecified atom stereocenters. The van der Waals surface area contributed by atoms with E-state index in [0.717, 1.165) is 6.42 Å². The number of anilines is 1. The van der Waals surface area contributed by atoms with Crippen LogP contribution in [0.4, 0.5) is 11.4 Å². The number of nitrogens with one attached hydrogen (secondary N) is 2. The molecule has 0 aliphatic carbocycles. The molecular formula is C14H14N4O3. The minimum atomic E-state index is -0.531. The van der Waals surface area contributed by atoms with Crippen molar-refractivity contribution in [1.29, 1.82) is 0 Å². The Kier molecular flexibility index (Phi) is 4.18. The van der Waals surface area contributed by atoms with Crippen molar-refractivity contribution >= 4 is 22.3 Å². The van der Waals surface area contributed by atoms with Crippen LogP contribution in [0.2, 0.25) is 0 Å². The van der Waals surface area contributed by atoms with Crippen molar-refractivity contribution in [2.24, 2.45) is 0 Å². The average molecular weight is 286 g/mol. The zero-order valence-corrected chi connectivity index (χ0v) is 11.4. The largest absolute Gasteiger partial charge is 0.376 e. The number of nitro benzene ring substituents is 1. The number of nitrogens with zero attached hydrogens (tertiary/aromatic N) is 2. The van der Waals surface area contributed by atoms with Crippen LogP contribution < -0.4 is 10.9 Å². The van der Waals surface area contributed by atoms with E-state index in [4.69, 9.17) is 6.42 Å². The molecule has 0 fully saturated rings. The quantitative estimate of drug-likeness (QED) is 0.497. The van der Waals surface area contributed by atoms with Crippen LogP contribution in [0, 0.1) is 22.5 Å². The number of fused-ring (bicyclic) bond motifs is 1.